The van der Waals surface area contributed by atoms with Crippen molar-refractivity contribution in [2.45, 2.75) is 0 Å². The number of methoxy groups -OCH3 is 1. The molecule has 1 amide bonds. The molecule has 6 nitrogen and oxygen atoms in total. The Morgan fingerprint density at radius 2 is 1.90 bits per heavy atom. The number of thioether (sulfide) groups is 1. The van der Waals surface area contributed by atoms with Crippen LogP contribution in [0.2, 0.25) is 0 Å². The van der Waals surface area contributed by atoms with Crippen molar-refractivity contribution >= 4 is 40.3 Å². The maximum absolute atomic E-state index is 12.7. The third kappa shape index (κ3) is 4.31. The maximum Gasteiger partial charge on any atom is 0.266 e. The van der Waals surface area contributed by atoms with E-state index in [1.807, 2.05) is 48.5 Å². The van der Waals surface area contributed by atoms with Gasteiger partial charge in [0.05, 0.1) is 30.9 Å². The molecule has 2 aromatic carbocycles. The Labute approximate surface area is 174 Å². The number of nitrogens with zero attached hydrogens (tertiary/aromatic N) is 3. The largest absolute Gasteiger partial charge is 0.496 e. The Balaban J connectivity index is 1.60. The summed E-state index contributed by atoms with van der Waals surface area (Å²) in [5, 5.41) is 0.663. The van der Waals surface area contributed by atoms with Crippen molar-refractivity contribution in [3.63, 3.8) is 0 Å². The summed E-state index contributed by atoms with van der Waals surface area (Å²) >= 11 is 1.37. The predicted molar refractivity (Wildman–Crippen MR) is 118 cm³/mol. The number of carbonyl (C=O) groups is 1. The van der Waals surface area contributed by atoms with Crippen LogP contribution in [0.4, 0.5) is 11.4 Å². The van der Waals surface area contributed by atoms with Gasteiger partial charge in [0.1, 0.15) is 5.75 Å². The van der Waals surface area contributed by atoms with Crippen molar-refractivity contribution in [2.24, 2.45) is 4.99 Å². The Morgan fingerprint density at radius 3 is 2.62 bits per heavy atom. The first-order valence-electron chi connectivity index (χ1n) is 9.48. The zero-order chi connectivity index (χ0) is 20.2. The lowest BCUT2D eigenvalue weighted by atomic mass is 10.1. The number of amides is 1. The molecule has 2 aliphatic heterocycles. The van der Waals surface area contributed by atoms with Gasteiger partial charge in [0.2, 0.25) is 0 Å². The number of anilines is 1. The standard InChI is InChI=1S/C22H23N3O3S/c1-24-21(26)20(29-22(24)23-17-6-4-3-5-7-17)14-16-8-9-18(15-19(16)27-2)25-10-12-28-13-11-25/h3-9,14-15H,10-13H2,1-2H3/b20-14-,23-22?. The van der Waals surface area contributed by atoms with E-state index in [0.29, 0.717) is 10.1 Å². The number of morpholine rings is 1. The summed E-state index contributed by atoms with van der Waals surface area (Å²) < 4.78 is 11.0. The van der Waals surface area contributed by atoms with Crippen LogP contribution in [0.15, 0.2) is 58.4 Å². The second kappa shape index (κ2) is 8.71. The third-order valence-corrected chi connectivity index (χ3v) is 5.92. The van der Waals surface area contributed by atoms with Crippen molar-refractivity contribution in [3.05, 3.63) is 59.0 Å². The van der Waals surface area contributed by atoms with Crippen molar-refractivity contribution in [3.8, 4) is 5.75 Å². The van der Waals surface area contributed by atoms with E-state index in [1.165, 1.54) is 11.8 Å². The van der Waals surface area contributed by atoms with Crippen LogP contribution in [0.3, 0.4) is 0 Å². The molecule has 0 unspecified atom stereocenters. The molecule has 29 heavy (non-hydrogen) atoms. The molecule has 0 aliphatic carbocycles. The molecule has 2 heterocycles. The Kier molecular flexibility index (Phi) is 5.87. The molecule has 2 aromatic rings. The van der Waals surface area contributed by atoms with Crippen LogP contribution in [0.25, 0.3) is 6.08 Å². The van der Waals surface area contributed by atoms with Crippen LogP contribution >= 0.6 is 11.8 Å². The average molecular weight is 410 g/mol. The lowest BCUT2D eigenvalue weighted by molar-refractivity contribution is -0.121. The van der Waals surface area contributed by atoms with Gasteiger partial charge in [0, 0.05) is 37.5 Å². The van der Waals surface area contributed by atoms with Crippen LogP contribution in [0.5, 0.6) is 5.75 Å². The number of benzene rings is 2. The number of hydrogen-bond acceptors (Lipinski definition) is 6. The van der Waals surface area contributed by atoms with Crippen molar-refractivity contribution < 1.29 is 14.3 Å². The van der Waals surface area contributed by atoms with Crippen LogP contribution < -0.4 is 9.64 Å². The molecule has 4 rings (SSSR count). The van der Waals surface area contributed by atoms with Crippen LogP contribution in [0, 0.1) is 0 Å². The molecule has 0 radical (unpaired) electrons. The molecule has 7 heteroatoms. The molecule has 2 aliphatic rings. The maximum atomic E-state index is 12.7. The van der Waals surface area contributed by atoms with E-state index < -0.39 is 0 Å². The highest BCUT2D eigenvalue weighted by atomic mass is 32.2. The highest BCUT2D eigenvalue weighted by Crippen LogP contribution is 2.35. The van der Waals surface area contributed by atoms with Crippen molar-refractivity contribution in [1.82, 2.24) is 4.90 Å². The van der Waals surface area contributed by atoms with Crippen molar-refractivity contribution in [2.75, 3.05) is 45.4 Å². The molecule has 0 bridgehead atoms. The summed E-state index contributed by atoms with van der Waals surface area (Å²) in [6.45, 7) is 3.19. The fourth-order valence-corrected chi connectivity index (χ4v) is 4.22. The first kappa shape index (κ1) is 19.5. The number of para-hydroxylation sites is 1. The first-order valence-corrected chi connectivity index (χ1v) is 10.3. The lowest BCUT2D eigenvalue weighted by Crippen LogP contribution is -2.36. The molecule has 0 saturated carbocycles. The van der Waals surface area contributed by atoms with Gasteiger partial charge in [-0.3, -0.25) is 9.69 Å². The highest BCUT2D eigenvalue weighted by molar-refractivity contribution is 8.18. The topological polar surface area (TPSA) is 54.4 Å². The summed E-state index contributed by atoms with van der Waals surface area (Å²) in [5.41, 5.74) is 2.79. The summed E-state index contributed by atoms with van der Waals surface area (Å²) in [6, 6.07) is 15.7. The number of carbonyl (C=O) groups excluding carboxylic acids is 1. The minimum atomic E-state index is -0.0658. The normalized spacial score (nSPS) is 20.0. The molecular weight excluding hydrogens is 386 g/mol. The fraction of sp³-hybridized carbons (Fsp3) is 0.273. The second-order valence-electron chi connectivity index (χ2n) is 6.73. The van der Waals surface area contributed by atoms with E-state index in [1.54, 1.807) is 19.1 Å². The van der Waals surface area contributed by atoms with Crippen molar-refractivity contribution in [1.29, 1.82) is 0 Å². The van der Waals surface area contributed by atoms with Gasteiger partial charge in [-0.15, -0.1) is 0 Å². The molecule has 0 atom stereocenters. The average Bonchev–Trinajstić information content (AvgIpc) is 3.03. The number of hydrogen-bond donors (Lipinski definition) is 0. The molecule has 2 fully saturated rings. The van der Waals surface area contributed by atoms with E-state index >= 15 is 0 Å². The van der Waals surface area contributed by atoms with Gasteiger partial charge in [-0.05, 0) is 42.1 Å². The Morgan fingerprint density at radius 1 is 1.14 bits per heavy atom. The summed E-state index contributed by atoms with van der Waals surface area (Å²) in [6.07, 6.45) is 1.87. The predicted octanol–water partition coefficient (Wildman–Crippen LogP) is 3.77. The number of rotatable bonds is 4. The third-order valence-electron chi connectivity index (χ3n) is 4.86. The summed E-state index contributed by atoms with van der Waals surface area (Å²) in [5.74, 6) is 0.676. The van der Waals surface area contributed by atoms with E-state index in [4.69, 9.17) is 9.47 Å². The molecule has 150 valence electrons. The quantitative estimate of drug-likeness (QED) is 0.720. The smallest absolute Gasteiger partial charge is 0.266 e. The number of aliphatic imine (C=N–C) groups is 1. The van der Waals surface area contributed by atoms with Crippen LogP contribution in [-0.2, 0) is 9.53 Å². The molecule has 0 N–H and O–H groups in total. The van der Waals surface area contributed by atoms with Crippen LogP contribution in [-0.4, -0.2) is 56.4 Å². The summed E-state index contributed by atoms with van der Waals surface area (Å²) in [4.78, 5) is 21.8. The zero-order valence-corrected chi connectivity index (χ0v) is 17.3. The molecule has 2 saturated heterocycles. The SMILES string of the molecule is COc1cc(N2CCOCC2)ccc1/C=C1\SC(=Nc2ccccc2)N(C)C1=O. The van der Waals surface area contributed by atoms with Gasteiger partial charge < -0.3 is 14.4 Å². The fourth-order valence-electron chi connectivity index (χ4n) is 3.24. The lowest BCUT2D eigenvalue weighted by Gasteiger charge is -2.29. The first-order chi connectivity index (χ1) is 14.2. The van der Waals surface area contributed by atoms with Gasteiger partial charge >= 0.3 is 0 Å². The molecular formula is C22H23N3O3S. The minimum absolute atomic E-state index is 0.0658. The van der Waals surface area contributed by atoms with Gasteiger partial charge in [-0.2, -0.15) is 0 Å². The van der Waals surface area contributed by atoms with Crippen LogP contribution in [0.1, 0.15) is 5.56 Å². The minimum Gasteiger partial charge on any atom is -0.496 e. The van der Waals surface area contributed by atoms with E-state index in [0.717, 1.165) is 49.0 Å². The van der Waals surface area contributed by atoms with E-state index in [2.05, 4.69) is 16.0 Å². The van der Waals surface area contributed by atoms with Gasteiger partial charge in [0.25, 0.3) is 5.91 Å². The Hall–Kier alpha value is -2.77. The number of ether oxygens (including phenoxy) is 2. The number of amidine groups is 1. The van der Waals surface area contributed by atoms with Gasteiger partial charge in [0.15, 0.2) is 5.17 Å². The zero-order valence-electron chi connectivity index (χ0n) is 16.5. The van der Waals surface area contributed by atoms with Gasteiger partial charge in [-0.25, -0.2) is 4.99 Å². The monoisotopic (exact) mass is 409 g/mol. The van der Waals surface area contributed by atoms with E-state index in [-0.39, 0.29) is 5.91 Å². The highest BCUT2D eigenvalue weighted by Gasteiger charge is 2.30. The van der Waals surface area contributed by atoms with E-state index in [9.17, 15) is 4.79 Å². The Bertz CT molecular complexity index is 953. The number of likely N-dealkylation sites (N-methyl/N-ethyl adjacent to an activating group) is 1. The second-order valence-corrected chi connectivity index (χ2v) is 7.74. The molecule has 0 aromatic heterocycles. The van der Waals surface area contributed by atoms with Gasteiger partial charge in [-0.1, -0.05) is 18.2 Å². The molecule has 0 spiro atoms. The summed E-state index contributed by atoms with van der Waals surface area (Å²) in [7, 11) is 3.40.